The summed E-state index contributed by atoms with van der Waals surface area (Å²) in [6.45, 7) is 3.69. The average molecular weight is 249 g/mol. The van der Waals surface area contributed by atoms with Gasteiger partial charge in [-0.05, 0) is 44.3 Å². The molecule has 0 bridgehead atoms. The Hall–Kier alpha value is -1.55. The molecule has 0 unspecified atom stereocenters. The van der Waals surface area contributed by atoms with Crippen LogP contribution in [0.3, 0.4) is 0 Å². The zero-order valence-corrected chi connectivity index (χ0v) is 11.7. The number of carbonyl (C=O) groups is 1. The fourth-order valence-corrected chi connectivity index (χ4v) is 1.68. The minimum absolute atomic E-state index is 0.0248. The third-order valence-electron chi connectivity index (χ3n) is 2.76. The third kappa shape index (κ3) is 4.37. The summed E-state index contributed by atoms with van der Waals surface area (Å²) in [4.78, 5) is 16.0. The lowest BCUT2D eigenvalue weighted by molar-refractivity contribution is 0.0930. The van der Waals surface area contributed by atoms with Gasteiger partial charge in [-0.15, -0.1) is 0 Å². The molecule has 1 rings (SSSR count). The minimum Gasteiger partial charge on any atom is -0.378 e. The summed E-state index contributed by atoms with van der Waals surface area (Å²) in [5.41, 5.74) is 1.79. The van der Waals surface area contributed by atoms with Gasteiger partial charge in [0.2, 0.25) is 0 Å². The Morgan fingerprint density at radius 1 is 1.17 bits per heavy atom. The number of hydrogen-bond donors (Lipinski definition) is 1. The second-order valence-electron chi connectivity index (χ2n) is 4.68. The van der Waals surface area contributed by atoms with Crippen molar-refractivity contribution in [3.63, 3.8) is 0 Å². The van der Waals surface area contributed by atoms with E-state index in [2.05, 4.69) is 17.1 Å². The highest BCUT2D eigenvalue weighted by Crippen LogP contribution is 2.11. The van der Waals surface area contributed by atoms with Crippen LogP contribution in [-0.2, 0) is 0 Å². The number of nitrogens with one attached hydrogen (secondary N) is 1. The normalized spacial score (nSPS) is 10.5. The van der Waals surface area contributed by atoms with Crippen molar-refractivity contribution in [2.24, 2.45) is 0 Å². The Kier molecular flexibility index (Phi) is 5.65. The molecule has 0 aliphatic carbocycles. The van der Waals surface area contributed by atoms with Crippen molar-refractivity contribution in [3.8, 4) is 0 Å². The van der Waals surface area contributed by atoms with Gasteiger partial charge in [0.25, 0.3) is 5.91 Å². The van der Waals surface area contributed by atoms with E-state index >= 15 is 0 Å². The summed E-state index contributed by atoms with van der Waals surface area (Å²) in [7, 11) is 5.96. The Morgan fingerprint density at radius 3 is 2.28 bits per heavy atom. The maximum absolute atomic E-state index is 11.9. The maximum atomic E-state index is 11.9. The van der Waals surface area contributed by atoms with Crippen LogP contribution in [0.25, 0.3) is 0 Å². The van der Waals surface area contributed by atoms with Crippen molar-refractivity contribution in [2.75, 3.05) is 39.3 Å². The van der Waals surface area contributed by atoms with E-state index in [0.29, 0.717) is 12.2 Å². The van der Waals surface area contributed by atoms with E-state index in [4.69, 9.17) is 0 Å². The largest absolute Gasteiger partial charge is 0.378 e. The second kappa shape index (κ2) is 7.01. The van der Waals surface area contributed by atoms with Crippen LogP contribution in [-0.4, -0.2) is 45.2 Å². The first-order valence-electron chi connectivity index (χ1n) is 6.28. The predicted molar refractivity (Wildman–Crippen MR) is 76.0 cm³/mol. The van der Waals surface area contributed by atoms with Crippen molar-refractivity contribution >= 4 is 11.6 Å². The summed E-state index contributed by atoms with van der Waals surface area (Å²) in [5, 5.41) is 2.91. The van der Waals surface area contributed by atoms with E-state index in [-0.39, 0.29) is 5.91 Å². The lowest BCUT2D eigenvalue weighted by atomic mass is 10.2. The first-order chi connectivity index (χ1) is 8.54. The lowest BCUT2D eigenvalue weighted by Crippen LogP contribution is -2.35. The monoisotopic (exact) mass is 249 g/mol. The number of carbonyl (C=O) groups excluding carboxylic acids is 1. The number of benzene rings is 1. The number of anilines is 1. The fraction of sp³-hybridized carbons (Fsp3) is 0.500. The zero-order chi connectivity index (χ0) is 13.5. The third-order valence-corrected chi connectivity index (χ3v) is 2.76. The summed E-state index contributed by atoms with van der Waals surface area (Å²) in [5.74, 6) is -0.0248. The molecule has 4 heteroatoms. The van der Waals surface area contributed by atoms with Gasteiger partial charge in [-0.2, -0.15) is 0 Å². The van der Waals surface area contributed by atoms with Crippen molar-refractivity contribution in [1.82, 2.24) is 10.2 Å². The van der Waals surface area contributed by atoms with Gasteiger partial charge in [0.15, 0.2) is 0 Å². The Balaban J connectivity index is 2.51. The number of hydrogen-bond acceptors (Lipinski definition) is 3. The molecule has 0 heterocycles. The van der Waals surface area contributed by atoms with E-state index < -0.39 is 0 Å². The van der Waals surface area contributed by atoms with Gasteiger partial charge in [-0.1, -0.05) is 6.92 Å². The minimum atomic E-state index is -0.0248. The van der Waals surface area contributed by atoms with Crippen LogP contribution in [0.15, 0.2) is 24.3 Å². The Bertz CT molecular complexity index is 373. The topological polar surface area (TPSA) is 35.6 Å². The average Bonchev–Trinajstić information content (AvgIpc) is 2.36. The lowest BCUT2D eigenvalue weighted by Gasteiger charge is -2.16. The van der Waals surface area contributed by atoms with Crippen LogP contribution in [0, 0.1) is 0 Å². The molecule has 1 amide bonds. The summed E-state index contributed by atoms with van der Waals surface area (Å²) < 4.78 is 0. The molecule has 100 valence electrons. The SMILES string of the molecule is CCCN(C)CNC(=O)c1ccc(N(C)C)cc1. The molecule has 18 heavy (non-hydrogen) atoms. The van der Waals surface area contributed by atoms with Crippen LogP contribution in [0.5, 0.6) is 0 Å². The van der Waals surface area contributed by atoms with Crippen LogP contribution in [0.4, 0.5) is 5.69 Å². The van der Waals surface area contributed by atoms with Crippen molar-refractivity contribution < 1.29 is 4.79 Å². The molecule has 0 aromatic heterocycles. The smallest absolute Gasteiger partial charge is 0.252 e. The first-order valence-corrected chi connectivity index (χ1v) is 6.28. The van der Waals surface area contributed by atoms with Crippen LogP contribution < -0.4 is 10.2 Å². The van der Waals surface area contributed by atoms with Gasteiger partial charge >= 0.3 is 0 Å². The fourth-order valence-electron chi connectivity index (χ4n) is 1.68. The van der Waals surface area contributed by atoms with Gasteiger partial charge < -0.3 is 10.2 Å². The van der Waals surface area contributed by atoms with E-state index in [1.54, 1.807) is 0 Å². The van der Waals surface area contributed by atoms with E-state index in [1.807, 2.05) is 50.3 Å². The standard InChI is InChI=1S/C14H23N3O/c1-5-10-17(4)11-15-14(18)12-6-8-13(9-7-12)16(2)3/h6-9H,5,10-11H2,1-4H3,(H,15,18). The zero-order valence-electron chi connectivity index (χ0n) is 11.7. The molecule has 4 nitrogen and oxygen atoms in total. The van der Waals surface area contributed by atoms with Crippen LogP contribution in [0.2, 0.25) is 0 Å². The molecular weight excluding hydrogens is 226 g/mol. The molecule has 0 saturated heterocycles. The molecule has 0 fully saturated rings. The van der Waals surface area contributed by atoms with Crippen molar-refractivity contribution in [1.29, 1.82) is 0 Å². The first kappa shape index (κ1) is 14.5. The highest BCUT2D eigenvalue weighted by Gasteiger charge is 2.06. The molecule has 1 N–H and O–H groups in total. The molecule has 1 aromatic rings. The van der Waals surface area contributed by atoms with Gasteiger partial charge in [0, 0.05) is 25.3 Å². The highest BCUT2D eigenvalue weighted by atomic mass is 16.1. The Morgan fingerprint density at radius 2 is 1.78 bits per heavy atom. The van der Waals surface area contributed by atoms with Crippen molar-refractivity contribution in [2.45, 2.75) is 13.3 Å². The molecule has 0 radical (unpaired) electrons. The van der Waals surface area contributed by atoms with Crippen LogP contribution in [0.1, 0.15) is 23.7 Å². The molecule has 0 aliphatic heterocycles. The highest BCUT2D eigenvalue weighted by molar-refractivity contribution is 5.94. The predicted octanol–water partition coefficient (Wildman–Crippen LogP) is 1.78. The van der Waals surface area contributed by atoms with Gasteiger partial charge in [-0.25, -0.2) is 0 Å². The molecule has 0 saturated carbocycles. The van der Waals surface area contributed by atoms with Gasteiger partial charge in [0.1, 0.15) is 0 Å². The maximum Gasteiger partial charge on any atom is 0.252 e. The van der Waals surface area contributed by atoms with Crippen LogP contribution >= 0.6 is 0 Å². The number of amides is 1. The van der Waals surface area contributed by atoms with Gasteiger partial charge in [-0.3, -0.25) is 9.69 Å². The molecule has 0 atom stereocenters. The molecule has 1 aromatic carbocycles. The van der Waals surface area contributed by atoms with E-state index in [1.165, 1.54) is 0 Å². The second-order valence-corrected chi connectivity index (χ2v) is 4.68. The number of rotatable bonds is 6. The summed E-state index contributed by atoms with van der Waals surface area (Å²) in [6.07, 6.45) is 1.09. The molecule has 0 aliphatic rings. The molecule has 0 spiro atoms. The molecular formula is C14H23N3O. The summed E-state index contributed by atoms with van der Waals surface area (Å²) in [6, 6.07) is 7.60. The number of nitrogens with zero attached hydrogens (tertiary/aromatic N) is 2. The Labute approximate surface area is 110 Å². The van der Waals surface area contributed by atoms with E-state index in [0.717, 1.165) is 18.7 Å². The van der Waals surface area contributed by atoms with Gasteiger partial charge in [0.05, 0.1) is 6.67 Å². The van der Waals surface area contributed by atoms with Crippen molar-refractivity contribution in [3.05, 3.63) is 29.8 Å². The quantitative estimate of drug-likeness (QED) is 0.781. The summed E-state index contributed by atoms with van der Waals surface area (Å²) >= 11 is 0. The van der Waals surface area contributed by atoms with E-state index in [9.17, 15) is 4.79 Å².